The summed E-state index contributed by atoms with van der Waals surface area (Å²) in [4.78, 5) is 16.7. The molecule has 0 atom stereocenters. The van der Waals surface area contributed by atoms with Gasteiger partial charge in [0.05, 0.1) is 24.5 Å². The number of fused-ring (bicyclic) bond motifs is 1. The number of para-hydroxylation sites is 1. The van der Waals surface area contributed by atoms with Crippen LogP contribution < -0.4 is 10.6 Å². The molecular weight excluding hydrogens is 411 g/mol. The molecular formula is C20H26Cl2N6O. The van der Waals surface area contributed by atoms with Crippen molar-refractivity contribution < 1.29 is 4.79 Å². The Morgan fingerprint density at radius 1 is 1.28 bits per heavy atom. The maximum absolute atomic E-state index is 12.5. The third kappa shape index (κ3) is 5.59. The zero-order valence-electron chi connectivity index (χ0n) is 16.3. The lowest BCUT2D eigenvalue weighted by molar-refractivity contribution is -0.116. The standard InChI is InChI=1S/C20H24N6O.2ClH/c1-15-22-9-10-25(15)14-16-4-2-3-5-19(16)23-20(27)7-6-17-12-18-13-21-8-11-26(18)24-17;;/h2-5,9-10,12,21H,6-8,11,13-14H2,1H3,(H,23,27);2*1H. The normalized spacial score (nSPS) is 12.4. The van der Waals surface area contributed by atoms with Gasteiger partial charge in [0.1, 0.15) is 5.82 Å². The number of aryl methyl sites for hydroxylation is 2. The van der Waals surface area contributed by atoms with Crippen molar-refractivity contribution in [3.8, 4) is 0 Å². The Kier molecular flexibility index (Phi) is 8.25. The molecule has 1 amide bonds. The molecule has 3 aromatic rings. The summed E-state index contributed by atoms with van der Waals surface area (Å²) in [6, 6.07) is 10.00. The quantitative estimate of drug-likeness (QED) is 0.622. The largest absolute Gasteiger partial charge is 0.331 e. The molecule has 156 valence electrons. The van der Waals surface area contributed by atoms with Crippen molar-refractivity contribution in [3.63, 3.8) is 0 Å². The Hall–Kier alpha value is -2.35. The first-order valence-electron chi connectivity index (χ1n) is 9.31. The van der Waals surface area contributed by atoms with Crippen molar-refractivity contribution in [1.29, 1.82) is 0 Å². The predicted octanol–water partition coefficient (Wildman–Crippen LogP) is 2.95. The van der Waals surface area contributed by atoms with E-state index < -0.39 is 0 Å². The minimum absolute atomic E-state index is 0. The monoisotopic (exact) mass is 436 g/mol. The van der Waals surface area contributed by atoms with Crippen molar-refractivity contribution in [2.45, 2.75) is 39.4 Å². The van der Waals surface area contributed by atoms with Crippen LogP contribution in [0.4, 0.5) is 5.69 Å². The summed E-state index contributed by atoms with van der Waals surface area (Å²) in [7, 11) is 0. The van der Waals surface area contributed by atoms with Crippen LogP contribution in [0.15, 0.2) is 42.7 Å². The van der Waals surface area contributed by atoms with E-state index in [2.05, 4.69) is 31.3 Å². The van der Waals surface area contributed by atoms with E-state index in [-0.39, 0.29) is 30.7 Å². The van der Waals surface area contributed by atoms with Crippen LogP contribution in [0.2, 0.25) is 0 Å². The van der Waals surface area contributed by atoms with Crippen LogP contribution in [-0.2, 0) is 30.8 Å². The molecule has 0 radical (unpaired) electrons. The summed E-state index contributed by atoms with van der Waals surface area (Å²) >= 11 is 0. The number of amides is 1. The van der Waals surface area contributed by atoms with E-state index in [0.717, 1.165) is 42.4 Å². The van der Waals surface area contributed by atoms with Crippen LogP contribution in [0.5, 0.6) is 0 Å². The van der Waals surface area contributed by atoms with E-state index in [1.807, 2.05) is 42.1 Å². The number of rotatable bonds is 6. The van der Waals surface area contributed by atoms with Gasteiger partial charge in [0, 0.05) is 44.0 Å². The second-order valence-electron chi connectivity index (χ2n) is 6.83. The summed E-state index contributed by atoms with van der Waals surface area (Å²) < 4.78 is 4.10. The van der Waals surface area contributed by atoms with E-state index in [0.29, 0.717) is 19.4 Å². The molecule has 4 rings (SSSR count). The molecule has 1 aliphatic heterocycles. The molecule has 1 aromatic carbocycles. The third-order valence-corrected chi connectivity index (χ3v) is 4.88. The zero-order valence-corrected chi connectivity index (χ0v) is 17.9. The third-order valence-electron chi connectivity index (χ3n) is 4.88. The van der Waals surface area contributed by atoms with Crippen LogP contribution in [0.1, 0.15) is 29.2 Å². The van der Waals surface area contributed by atoms with Crippen LogP contribution in [0, 0.1) is 6.92 Å². The van der Waals surface area contributed by atoms with Gasteiger partial charge in [-0.3, -0.25) is 9.48 Å². The second kappa shape index (κ2) is 10.4. The van der Waals surface area contributed by atoms with Gasteiger partial charge >= 0.3 is 0 Å². The Labute approximate surface area is 182 Å². The van der Waals surface area contributed by atoms with Crippen LogP contribution in [-0.4, -0.2) is 31.8 Å². The topological polar surface area (TPSA) is 76.8 Å². The highest BCUT2D eigenvalue weighted by Gasteiger charge is 2.13. The van der Waals surface area contributed by atoms with Gasteiger partial charge in [0.15, 0.2) is 0 Å². The molecule has 2 aromatic heterocycles. The van der Waals surface area contributed by atoms with Gasteiger partial charge < -0.3 is 15.2 Å². The first-order chi connectivity index (χ1) is 13.2. The molecule has 0 saturated carbocycles. The number of nitrogens with zero attached hydrogens (tertiary/aromatic N) is 4. The molecule has 7 nitrogen and oxygen atoms in total. The van der Waals surface area contributed by atoms with E-state index in [4.69, 9.17) is 0 Å². The molecule has 0 fully saturated rings. The fourth-order valence-corrected chi connectivity index (χ4v) is 3.36. The van der Waals surface area contributed by atoms with Gasteiger partial charge in [0.25, 0.3) is 0 Å². The highest BCUT2D eigenvalue weighted by molar-refractivity contribution is 5.91. The van der Waals surface area contributed by atoms with Crippen molar-refractivity contribution in [1.82, 2.24) is 24.6 Å². The highest BCUT2D eigenvalue weighted by atomic mass is 35.5. The predicted molar refractivity (Wildman–Crippen MR) is 118 cm³/mol. The van der Waals surface area contributed by atoms with Gasteiger partial charge in [-0.05, 0) is 24.6 Å². The smallest absolute Gasteiger partial charge is 0.224 e. The zero-order chi connectivity index (χ0) is 18.6. The number of carbonyl (C=O) groups is 1. The van der Waals surface area contributed by atoms with Crippen molar-refractivity contribution in [2.24, 2.45) is 0 Å². The molecule has 9 heteroatoms. The summed E-state index contributed by atoms with van der Waals surface area (Å²) in [5.41, 5.74) is 4.09. The molecule has 0 unspecified atom stereocenters. The average molecular weight is 437 g/mol. The maximum Gasteiger partial charge on any atom is 0.224 e. The Morgan fingerprint density at radius 2 is 2.10 bits per heavy atom. The lowest BCUT2D eigenvalue weighted by Gasteiger charge is -2.13. The van der Waals surface area contributed by atoms with E-state index in [1.165, 1.54) is 5.69 Å². The highest BCUT2D eigenvalue weighted by Crippen LogP contribution is 2.18. The van der Waals surface area contributed by atoms with E-state index in [9.17, 15) is 4.79 Å². The summed E-state index contributed by atoms with van der Waals surface area (Å²) in [6.07, 6.45) is 4.80. The Morgan fingerprint density at radius 3 is 2.86 bits per heavy atom. The van der Waals surface area contributed by atoms with Crippen LogP contribution >= 0.6 is 24.8 Å². The number of nitrogens with one attached hydrogen (secondary N) is 2. The number of hydrogen-bond acceptors (Lipinski definition) is 4. The number of carbonyl (C=O) groups excluding carboxylic acids is 1. The maximum atomic E-state index is 12.5. The van der Waals surface area contributed by atoms with Gasteiger partial charge in [-0.25, -0.2) is 4.98 Å². The van der Waals surface area contributed by atoms with Crippen molar-refractivity contribution in [2.75, 3.05) is 11.9 Å². The fraction of sp³-hybridized carbons (Fsp3) is 0.350. The first kappa shape index (κ1) is 22.9. The van der Waals surface area contributed by atoms with Gasteiger partial charge in [-0.1, -0.05) is 18.2 Å². The molecule has 0 aliphatic carbocycles. The average Bonchev–Trinajstić information content (AvgIpc) is 3.27. The minimum atomic E-state index is 0. The molecule has 0 bridgehead atoms. The van der Waals surface area contributed by atoms with E-state index in [1.54, 1.807) is 6.20 Å². The lowest BCUT2D eigenvalue weighted by Crippen LogP contribution is -2.28. The summed E-state index contributed by atoms with van der Waals surface area (Å²) in [5, 5.41) is 11.0. The van der Waals surface area contributed by atoms with Gasteiger partial charge in [-0.15, -0.1) is 24.8 Å². The molecule has 3 heterocycles. The number of anilines is 1. The molecule has 1 aliphatic rings. The van der Waals surface area contributed by atoms with Crippen molar-refractivity contribution in [3.05, 3.63) is 65.5 Å². The minimum Gasteiger partial charge on any atom is -0.331 e. The Balaban J connectivity index is 0.00000150. The SMILES string of the molecule is Cc1nccn1Cc1ccccc1NC(=O)CCc1cc2n(n1)CCNC2.Cl.Cl. The lowest BCUT2D eigenvalue weighted by atomic mass is 10.1. The summed E-state index contributed by atoms with van der Waals surface area (Å²) in [5.74, 6) is 0.961. The van der Waals surface area contributed by atoms with Gasteiger partial charge in [0.2, 0.25) is 5.91 Å². The molecule has 29 heavy (non-hydrogen) atoms. The molecule has 2 N–H and O–H groups in total. The number of halogens is 2. The molecule has 0 spiro atoms. The van der Waals surface area contributed by atoms with Crippen LogP contribution in [0.3, 0.4) is 0 Å². The van der Waals surface area contributed by atoms with Crippen molar-refractivity contribution >= 4 is 36.4 Å². The number of benzene rings is 1. The van der Waals surface area contributed by atoms with Crippen LogP contribution in [0.25, 0.3) is 0 Å². The number of aromatic nitrogens is 4. The first-order valence-corrected chi connectivity index (χ1v) is 9.31. The van der Waals surface area contributed by atoms with Gasteiger partial charge in [-0.2, -0.15) is 5.10 Å². The second-order valence-corrected chi connectivity index (χ2v) is 6.83. The Bertz CT molecular complexity index is 929. The van der Waals surface area contributed by atoms with E-state index >= 15 is 0 Å². The fourth-order valence-electron chi connectivity index (χ4n) is 3.36. The number of imidazole rings is 1. The molecule has 0 saturated heterocycles. The summed E-state index contributed by atoms with van der Waals surface area (Å²) in [6.45, 7) is 5.34. The number of hydrogen-bond donors (Lipinski definition) is 2.